The van der Waals surface area contributed by atoms with Crippen molar-refractivity contribution in [3.63, 3.8) is 0 Å². The molecule has 0 bridgehead atoms. The third-order valence-corrected chi connectivity index (χ3v) is 2.65. The van der Waals surface area contributed by atoms with Crippen LogP contribution in [0.2, 0.25) is 5.02 Å². The highest BCUT2D eigenvalue weighted by atomic mass is 35.5. The Balaban J connectivity index is 2.25. The zero-order chi connectivity index (χ0) is 13.1. The lowest BCUT2D eigenvalue weighted by Crippen LogP contribution is -1.94. The maximum Gasteiger partial charge on any atom is 0.219 e. The molecule has 0 aliphatic rings. The number of ether oxygens (including phenoxy) is 1. The van der Waals surface area contributed by atoms with Crippen LogP contribution in [0.15, 0.2) is 36.5 Å². The molecule has 0 aliphatic carbocycles. The number of hydrogen-bond acceptors (Lipinski definition) is 3. The molecule has 1 unspecified atom stereocenters. The Morgan fingerprint density at radius 2 is 2.11 bits per heavy atom. The highest BCUT2D eigenvalue weighted by Gasteiger charge is 2.07. The minimum Gasteiger partial charge on any atom is -0.437 e. The molecule has 94 valence electrons. The van der Waals surface area contributed by atoms with Crippen LogP contribution in [0.5, 0.6) is 11.6 Å². The summed E-state index contributed by atoms with van der Waals surface area (Å²) in [6.07, 6.45) is 0.911. The van der Waals surface area contributed by atoms with Gasteiger partial charge in [0.15, 0.2) is 0 Å². The third-order valence-electron chi connectivity index (χ3n) is 2.35. The molecule has 0 radical (unpaired) electrons. The predicted molar refractivity (Wildman–Crippen MR) is 66.4 cm³/mol. The quantitative estimate of drug-likeness (QED) is 0.922. The van der Waals surface area contributed by atoms with Crippen LogP contribution in [0.4, 0.5) is 4.39 Å². The van der Waals surface area contributed by atoms with E-state index in [9.17, 15) is 9.50 Å². The molecule has 0 saturated carbocycles. The second-order valence-corrected chi connectivity index (χ2v) is 4.19. The lowest BCUT2D eigenvalue weighted by atomic mass is 10.2. The van der Waals surface area contributed by atoms with Crippen LogP contribution in [0.25, 0.3) is 0 Å². The van der Waals surface area contributed by atoms with Crippen molar-refractivity contribution in [1.29, 1.82) is 0 Å². The fourth-order valence-electron chi connectivity index (χ4n) is 1.41. The number of aliphatic hydroxyl groups excluding tert-OH is 1. The third kappa shape index (κ3) is 2.97. The average molecular weight is 268 g/mol. The van der Waals surface area contributed by atoms with Gasteiger partial charge in [-0.1, -0.05) is 11.6 Å². The summed E-state index contributed by atoms with van der Waals surface area (Å²) >= 11 is 5.84. The van der Waals surface area contributed by atoms with E-state index >= 15 is 0 Å². The molecule has 18 heavy (non-hydrogen) atoms. The van der Waals surface area contributed by atoms with Gasteiger partial charge in [0.2, 0.25) is 5.88 Å². The molecule has 2 rings (SSSR count). The Morgan fingerprint density at radius 3 is 2.78 bits per heavy atom. The zero-order valence-corrected chi connectivity index (χ0v) is 10.4. The molecule has 1 aromatic carbocycles. The van der Waals surface area contributed by atoms with Gasteiger partial charge < -0.3 is 9.84 Å². The monoisotopic (exact) mass is 267 g/mol. The van der Waals surface area contributed by atoms with Gasteiger partial charge in [-0.05, 0) is 36.8 Å². The molecular formula is C13H11ClFNO2. The fraction of sp³-hybridized carbons (Fsp3) is 0.154. The largest absolute Gasteiger partial charge is 0.437 e. The normalized spacial score (nSPS) is 12.2. The summed E-state index contributed by atoms with van der Waals surface area (Å²) in [6.45, 7) is 1.64. The Bertz CT molecular complexity index is 560. The van der Waals surface area contributed by atoms with E-state index in [1.807, 2.05) is 0 Å². The number of benzene rings is 1. The highest BCUT2D eigenvalue weighted by molar-refractivity contribution is 6.32. The van der Waals surface area contributed by atoms with E-state index in [2.05, 4.69) is 4.98 Å². The minimum absolute atomic E-state index is 0.166. The van der Waals surface area contributed by atoms with Crippen molar-refractivity contribution >= 4 is 11.6 Å². The maximum absolute atomic E-state index is 12.9. The topological polar surface area (TPSA) is 42.4 Å². The minimum atomic E-state index is -0.612. The average Bonchev–Trinajstić information content (AvgIpc) is 2.33. The van der Waals surface area contributed by atoms with Gasteiger partial charge in [0.25, 0.3) is 0 Å². The molecule has 5 heteroatoms. The van der Waals surface area contributed by atoms with Gasteiger partial charge in [-0.2, -0.15) is 0 Å². The van der Waals surface area contributed by atoms with E-state index < -0.39 is 11.9 Å². The number of aromatic nitrogens is 1. The van der Waals surface area contributed by atoms with Crippen LogP contribution in [0.1, 0.15) is 18.6 Å². The maximum atomic E-state index is 12.9. The second-order valence-electron chi connectivity index (χ2n) is 3.78. The lowest BCUT2D eigenvalue weighted by Gasteiger charge is -2.09. The molecule has 0 aliphatic heterocycles. The summed E-state index contributed by atoms with van der Waals surface area (Å²) in [7, 11) is 0. The van der Waals surface area contributed by atoms with Crippen LogP contribution >= 0.6 is 11.6 Å². The highest BCUT2D eigenvalue weighted by Crippen LogP contribution is 2.29. The van der Waals surface area contributed by atoms with E-state index in [4.69, 9.17) is 16.3 Å². The zero-order valence-electron chi connectivity index (χ0n) is 9.60. The first-order valence-corrected chi connectivity index (χ1v) is 5.71. The van der Waals surface area contributed by atoms with Crippen LogP contribution < -0.4 is 4.74 Å². The Hall–Kier alpha value is -1.65. The molecule has 1 aromatic heterocycles. The van der Waals surface area contributed by atoms with Gasteiger partial charge in [-0.15, -0.1) is 0 Å². The van der Waals surface area contributed by atoms with Gasteiger partial charge in [-0.3, -0.25) is 0 Å². The molecule has 2 aromatic rings. The molecule has 1 N–H and O–H groups in total. The first-order valence-electron chi connectivity index (χ1n) is 5.33. The smallest absolute Gasteiger partial charge is 0.219 e. The van der Waals surface area contributed by atoms with Crippen molar-refractivity contribution in [1.82, 2.24) is 4.98 Å². The van der Waals surface area contributed by atoms with Crippen LogP contribution in [-0.4, -0.2) is 10.1 Å². The van der Waals surface area contributed by atoms with Crippen LogP contribution in [0.3, 0.4) is 0 Å². The summed E-state index contributed by atoms with van der Waals surface area (Å²) in [5, 5.41) is 9.61. The van der Waals surface area contributed by atoms with Crippen molar-refractivity contribution in [3.8, 4) is 11.6 Å². The summed E-state index contributed by atoms with van der Waals surface area (Å²) in [6, 6.07) is 7.12. The molecule has 0 spiro atoms. The number of pyridine rings is 1. The summed E-state index contributed by atoms with van der Waals surface area (Å²) in [5.41, 5.74) is 0.679. The van der Waals surface area contributed by atoms with E-state index in [1.54, 1.807) is 19.1 Å². The van der Waals surface area contributed by atoms with Crippen molar-refractivity contribution < 1.29 is 14.2 Å². The molecule has 0 amide bonds. The lowest BCUT2D eigenvalue weighted by molar-refractivity contribution is 0.198. The summed E-state index contributed by atoms with van der Waals surface area (Å²) in [5.74, 6) is 0.174. The first-order chi connectivity index (χ1) is 8.56. The predicted octanol–water partition coefficient (Wildman–Crippen LogP) is 3.72. The van der Waals surface area contributed by atoms with Crippen molar-refractivity contribution in [2.45, 2.75) is 13.0 Å². The van der Waals surface area contributed by atoms with Gasteiger partial charge in [0.05, 0.1) is 11.1 Å². The molecule has 1 heterocycles. The van der Waals surface area contributed by atoms with Gasteiger partial charge in [-0.25, -0.2) is 9.37 Å². The first kappa shape index (κ1) is 12.8. The molecule has 0 fully saturated rings. The Morgan fingerprint density at radius 1 is 1.33 bits per heavy atom. The van der Waals surface area contributed by atoms with Crippen molar-refractivity contribution in [2.24, 2.45) is 0 Å². The number of halogens is 2. The number of aliphatic hydroxyl groups is 1. The number of nitrogens with zero attached hydrogens (tertiary/aromatic N) is 1. The number of rotatable bonds is 3. The van der Waals surface area contributed by atoms with Crippen LogP contribution in [-0.2, 0) is 0 Å². The van der Waals surface area contributed by atoms with Gasteiger partial charge in [0.1, 0.15) is 11.6 Å². The summed E-state index contributed by atoms with van der Waals surface area (Å²) < 4.78 is 18.3. The van der Waals surface area contributed by atoms with Crippen molar-refractivity contribution in [2.75, 3.05) is 0 Å². The van der Waals surface area contributed by atoms with E-state index in [1.165, 1.54) is 18.3 Å². The van der Waals surface area contributed by atoms with Gasteiger partial charge >= 0.3 is 0 Å². The van der Waals surface area contributed by atoms with E-state index in [-0.39, 0.29) is 5.02 Å². The summed E-state index contributed by atoms with van der Waals surface area (Å²) in [4.78, 5) is 3.99. The Labute approximate surface area is 109 Å². The van der Waals surface area contributed by atoms with Gasteiger partial charge in [0, 0.05) is 12.3 Å². The number of hydrogen-bond donors (Lipinski definition) is 1. The van der Waals surface area contributed by atoms with Crippen LogP contribution in [0, 0.1) is 5.82 Å². The molecule has 3 nitrogen and oxygen atoms in total. The second kappa shape index (κ2) is 5.33. The van der Waals surface area contributed by atoms with E-state index in [0.29, 0.717) is 17.2 Å². The Kier molecular flexibility index (Phi) is 3.79. The molecular weight excluding hydrogens is 257 g/mol. The molecule has 0 saturated heterocycles. The SMILES string of the molecule is CC(O)c1ccnc(Oc2ccc(F)cc2Cl)c1. The van der Waals surface area contributed by atoms with Crippen molar-refractivity contribution in [3.05, 3.63) is 52.9 Å². The van der Waals surface area contributed by atoms with E-state index in [0.717, 1.165) is 6.07 Å². The molecule has 1 atom stereocenters. The standard InChI is InChI=1S/C13H11ClFNO2/c1-8(17)9-4-5-16-13(6-9)18-12-3-2-10(15)7-11(12)14/h2-8,17H,1H3. The fourth-order valence-corrected chi connectivity index (χ4v) is 1.62.